The number of hydrogen-bond donors (Lipinski definition) is 2. The van der Waals surface area contributed by atoms with Crippen LogP contribution in [-0.4, -0.2) is 38.9 Å². The molecule has 0 aliphatic rings. The van der Waals surface area contributed by atoms with Gasteiger partial charge in [-0.25, -0.2) is 4.98 Å². The van der Waals surface area contributed by atoms with E-state index >= 15 is 0 Å². The second-order valence-electron chi connectivity index (χ2n) is 8.18. The number of carboxylic acid groups (broad SMARTS) is 1. The van der Waals surface area contributed by atoms with Gasteiger partial charge in [0.2, 0.25) is 0 Å². The van der Waals surface area contributed by atoms with Crippen molar-refractivity contribution in [3.8, 4) is 17.2 Å². The molecule has 0 saturated heterocycles. The molecule has 36 heavy (non-hydrogen) atoms. The maximum Gasteiger partial charge on any atom is 0.303 e. The van der Waals surface area contributed by atoms with Crippen molar-refractivity contribution in [1.29, 1.82) is 0 Å². The van der Waals surface area contributed by atoms with E-state index in [9.17, 15) is 4.79 Å². The van der Waals surface area contributed by atoms with E-state index in [1.165, 1.54) is 0 Å². The quantitative estimate of drug-likeness (QED) is 0.283. The van der Waals surface area contributed by atoms with Gasteiger partial charge in [-0.2, -0.15) is 0 Å². The van der Waals surface area contributed by atoms with Crippen molar-refractivity contribution in [2.75, 3.05) is 13.2 Å². The van der Waals surface area contributed by atoms with E-state index < -0.39 is 5.97 Å². The molecule has 1 aromatic heterocycles. The Balaban J connectivity index is 1.49. The summed E-state index contributed by atoms with van der Waals surface area (Å²) in [7, 11) is 1.90. The van der Waals surface area contributed by atoms with Gasteiger partial charge in [0.05, 0.1) is 17.6 Å². The van der Waals surface area contributed by atoms with Gasteiger partial charge in [-0.05, 0) is 47.9 Å². The molecule has 188 valence electrons. The van der Waals surface area contributed by atoms with Crippen LogP contribution in [0.25, 0.3) is 11.0 Å². The van der Waals surface area contributed by atoms with Crippen molar-refractivity contribution < 1.29 is 29.2 Å². The molecular formula is C27H27ClN2O6. The van der Waals surface area contributed by atoms with E-state index in [0.717, 1.165) is 28.0 Å². The highest BCUT2D eigenvalue weighted by Gasteiger charge is 2.12. The lowest BCUT2D eigenvalue weighted by Crippen LogP contribution is -2.05. The first kappa shape index (κ1) is 25.3. The van der Waals surface area contributed by atoms with Gasteiger partial charge < -0.3 is 29.0 Å². The number of ether oxygens (including phenoxy) is 3. The summed E-state index contributed by atoms with van der Waals surface area (Å²) in [5, 5.41) is 18.7. The predicted molar refractivity (Wildman–Crippen MR) is 136 cm³/mol. The molecule has 0 spiro atoms. The van der Waals surface area contributed by atoms with E-state index in [1.807, 2.05) is 48.0 Å². The maximum absolute atomic E-state index is 11.1. The van der Waals surface area contributed by atoms with Gasteiger partial charge in [-0.15, -0.1) is 0 Å². The standard InChI is InChI=1S/C27H27ClN2O6/c1-30-24-14-21(34-13-12-31)9-10-23(24)29-26(30)17-35-22-8-4-19(5-11-27(32)33)25(15-22)36-16-18-2-6-20(28)7-3-18/h2-4,6-10,14-15,31H,5,11-13,16-17H2,1H3,(H,32,33). The van der Waals surface area contributed by atoms with Crippen LogP contribution in [0.1, 0.15) is 23.4 Å². The summed E-state index contributed by atoms with van der Waals surface area (Å²) in [6, 6.07) is 18.3. The van der Waals surface area contributed by atoms with Crippen LogP contribution in [0.5, 0.6) is 17.2 Å². The van der Waals surface area contributed by atoms with E-state index in [0.29, 0.717) is 35.3 Å². The first-order valence-corrected chi connectivity index (χ1v) is 11.8. The average molecular weight is 511 g/mol. The molecule has 4 rings (SSSR count). The Labute approximate surface area is 213 Å². The van der Waals surface area contributed by atoms with Gasteiger partial charge in [-0.3, -0.25) is 4.79 Å². The van der Waals surface area contributed by atoms with Crippen molar-refractivity contribution in [1.82, 2.24) is 9.55 Å². The van der Waals surface area contributed by atoms with Crippen LogP contribution in [0, 0.1) is 0 Å². The third kappa shape index (κ3) is 6.47. The number of benzene rings is 3. The molecule has 8 nitrogen and oxygen atoms in total. The van der Waals surface area contributed by atoms with E-state index in [4.69, 9.17) is 36.0 Å². The third-order valence-electron chi connectivity index (χ3n) is 5.63. The molecule has 0 radical (unpaired) electrons. The normalized spacial score (nSPS) is 11.0. The molecule has 0 saturated carbocycles. The van der Waals surface area contributed by atoms with Crippen LogP contribution in [-0.2, 0) is 31.5 Å². The number of aromatic nitrogens is 2. The number of carboxylic acids is 1. The molecule has 0 amide bonds. The zero-order chi connectivity index (χ0) is 25.5. The predicted octanol–water partition coefficient (Wildman–Crippen LogP) is 4.77. The van der Waals surface area contributed by atoms with Crippen LogP contribution in [0.4, 0.5) is 0 Å². The lowest BCUT2D eigenvalue weighted by Gasteiger charge is -2.14. The van der Waals surface area contributed by atoms with Crippen molar-refractivity contribution in [2.24, 2.45) is 7.05 Å². The molecule has 0 fully saturated rings. The largest absolute Gasteiger partial charge is 0.491 e. The minimum Gasteiger partial charge on any atom is -0.491 e. The Morgan fingerprint density at radius 2 is 1.72 bits per heavy atom. The molecule has 0 unspecified atom stereocenters. The molecule has 1 heterocycles. The number of aliphatic hydroxyl groups is 1. The molecule has 0 aliphatic carbocycles. The Morgan fingerprint density at radius 3 is 2.47 bits per heavy atom. The summed E-state index contributed by atoms with van der Waals surface area (Å²) < 4.78 is 19.5. The summed E-state index contributed by atoms with van der Waals surface area (Å²) in [5.74, 6) is 1.67. The fourth-order valence-electron chi connectivity index (χ4n) is 3.70. The first-order chi connectivity index (χ1) is 17.4. The lowest BCUT2D eigenvalue weighted by atomic mass is 10.1. The fraction of sp³-hybridized carbons (Fsp3) is 0.259. The minimum absolute atomic E-state index is 0.00136. The summed E-state index contributed by atoms with van der Waals surface area (Å²) in [6.45, 7) is 0.711. The third-order valence-corrected chi connectivity index (χ3v) is 5.88. The number of rotatable bonds is 12. The molecular weight excluding hydrogens is 484 g/mol. The molecule has 0 bridgehead atoms. The van der Waals surface area contributed by atoms with Crippen LogP contribution in [0.2, 0.25) is 5.02 Å². The van der Waals surface area contributed by atoms with Crippen molar-refractivity contribution in [3.63, 3.8) is 0 Å². The Kier molecular flexibility index (Phi) is 8.30. The summed E-state index contributed by atoms with van der Waals surface area (Å²) >= 11 is 5.96. The van der Waals surface area contributed by atoms with Gasteiger partial charge in [-0.1, -0.05) is 29.8 Å². The lowest BCUT2D eigenvalue weighted by molar-refractivity contribution is -0.136. The number of hydrogen-bond acceptors (Lipinski definition) is 6. The zero-order valence-electron chi connectivity index (χ0n) is 19.8. The number of halogens is 1. The van der Waals surface area contributed by atoms with Gasteiger partial charge in [0.15, 0.2) is 0 Å². The van der Waals surface area contributed by atoms with Crippen LogP contribution >= 0.6 is 11.6 Å². The number of aliphatic hydroxyl groups excluding tert-OH is 1. The first-order valence-electron chi connectivity index (χ1n) is 11.5. The van der Waals surface area contributed by atoms with E-state index in [2.05, 4.69) is 4.98 Å². The van der Waals surface area contributed by atoms with Crippen molar-refractivity contribution in [2.45, 2.75) is 26.1 Å². The molecule has 0 aliphatic heterocycles. The average Bonchev–Trinajstić information content (AvgIpc) is 3.19. The fourth-order valence-corrected chi connectivity index (χ4v) is 3.82. The van der Waals surface area contributed by atoms with Crippen LogP contribution < -0.4 is 14.2 Å². The van der Waals surface area contributed by atoms with Crippen LogP contribution in [0.3, 0.4) is 0 Å². The second kappa shape index (κ2) is 11.8. The topological polar surface area (TPSA) is 103 Å². The van der Waals surface area contributed by atoms with Crippen molar-refractivity contribution >= 4 is 28.6 Å². The number of carbonyl (C=O) groups is 1. The molecule has 3 aromatic carbocycles. The van der Waals surface area contributed by atoms with Gasteiger partial charge >= 0.3 is 5.97 Å². The SMILES string of the molecule is Cn1c(COc2ccc(CCC(=O)O)c(OCc3ccc(Cl)cc3)c2)nc2ccc(OCCO)cc21. The zero-order valence-corrected chi connectivity index (χ0v) is 20.6. The molecule has 9 heteroatoms. The molecule has 2 N–H and O–H groups in total. The second-order valence-corrected chi connectivity index (χ2v) is 8.61. The van der Waals surface area contributed by atoms with Gasteiger partial charge in [0.25, 0.3) is 0 Å². The highest BCUT2D eigenvalue weighted by Crippen LogP contribution is 2.28. The maximum atomic E-state index is 11.1. The van der Waals surface area contributed by atoms with Gasteiger partial charge in [0.1, 0.15) is 42.9 Å². The summed E-state index contributed by atoms with van der Waals surface area (Å²) in [5.41, 5.74) is 3.43. The number of nitrogens with zero attached hydrogens (tertiary/aromatic N) is 2. The number of fused-ring (bicyclic) bond motifs is 1. The molecule has 0 atom stereocenters. The minimum atomic E-state index is -0.870. The number of aliphatic carboxylic acids is 1. The Hall–Kier alpha value is -3.75. The number of imidazole rings is 1. The smallest absolute Gasteiger partial charge is 0.303 e. The highest BCUT2D eigenvalue weighted by atomic mass is 35.5. The van der Waals surface area contributed by atoms with Crippen molar-refractivity contribution in [3.05, 3.63) is 82.6 Å². The van der Waals surface area contributed by atoms with Gasteiger partial charge in [0, 0.05) is 30.6 Å². The Bertz CT molecular complexity index is 1340. The summed E-state index contributed by atoms with van der Waals surface area (Å²) in [4.78, 5) is 15.7. The Morgan fingerprint density at radius 1 is 0.972 bits per heavy atom. The van der Waals surface area contributed by atoms with Crippen LogP contribution in [0.15, 0.2) is 60.7 Å². The summed E-state index contributed by atoms with van der Waals surface area (Å²) in [6.07, 6.45) is 0.346. The van der Waals surface area contributed by atoms with E-state index in [-0.39, 0.29) is 26.2 Å². The highest BCUT2D eigenvalue weighted by molar-refractivity contribution is 6.30. The van der Waals surface area contributed by atoms with E-state index in [1.54, 1.807) is 24.3 Å². The molecule has 4 aromatic rings. The monoisotopic (exact) mass is 510 g/mol. The number of aryl methyl sites for hydroxylation is 2.